The van der Waals surface area contributed by atoms with E-state index in [1.807, 2.05) is 0 Å². The fraction of sp³-hybridized carbons (Fsp3) is 0. The van der Waals surface area contributed by atoms with E-state index in [1.165, 1.54) is 12.2 Å². The lowest BCUT2D eigenvalue weighted by molar-refractivity contribution is -0.110. The summed E-state index contributed by atoms with van der Waals surface area (Å²) in [5, 5.41) is 0. The van der Waals surface area contributed by atoms with Crippen molar-refractivity contribution in [1.29, 1.82) is 0 Å². The number of carbonyl (C=O) groups is 1. The van der Waals surface area contributed by atoms with E-state index in [0.717, 1.165) is 0 Å². The molecule has 0 saturated heterocycles. The molecule has 0 amide bonds. The molecule has 0 radical (unpaired) electrons. The van der Waals surface area contributed by atoms with Gasteiger partial charge in [-0.25, -0.2) is 0 Å². The van der Waals surface area contributed by atoms with Gasteiger partial charge >= 0.3 is 0 Å². The summed E-state index contributed by atoms with van der Waals surface area (Å²) in [6.07, 6.45) is 15.5. The van der Waals surface area contributed by atoms with E-state index in [-0.39, 0.29) is 5.78 Å². The second-order valence-electron chi connectivity index (χ2n) is 3.33. The number of hydrogen-bond acceptors (Lipinski definition) is 5. The van der Waals surface area contributed by atoms with Crippen LogP contribution in [0.4, 0.5) is 0 Å². The lowest BCUT2D eigenvalue weighted by atomic mass is 10.2. The van der Waals surface area contributed by atoms with Crippen molar-refractivity contribution in [3.8, 4) is 0 Å². The number of carbonyl (C=O) groups excluding carboxylic acids is 1. The first-order valence-electron chi connectivity index (χ1n) is 5.27. The molecule has 5 nitrogen and oxygen atoms in total. The normalized spacial score (nSPS) is 11.1. The predicted octanol–water partition coefficient (Wildman–Crippen LogP) is 1.56. The molecular formula is C13H10N4O. The highest BCUT2D eigenvalue weighted by Crippen LogP contribution is 1.97. The van der Waals surface area contributed by atoms with Gasteiger partial charge in [0.25, 0.3) is 0 Å². The molecule has 0 saturated carbocycles. The second-order valence-corrected chi connectivity index (χ2v) is 3.33. The van der Waals surface area contributed by atoms with Gasteiger partial charge in [-0.15, -0.1) is 0 Å². The van der Waals surface area contributed by atoms with Crippen molar-refractivity contribution in [2.45, 2.75) is 0 Å². The highest BCUT2D eigenvalue weighted by molar-refractivity contribution is 6.04. The Morgan fingerprint density at radius 1 is 0.833 bits per heavy atom. The molecule has 0 aromatic carbocycles. The monoisotopic (exact) mass is 238 g/mol. The number of nitrogens with zero attached hydrogens (tertiary/aromatic N) is 4. The SMILES string of the molecule is O=C(/C=C/c1cnccn1)/C=C/c1cnccn1. The summed E-state index contributed by atoms with van der Waals surface area (Å²) in [6.45, 7) is 0. The first-order chi connectivity index (χ1) is 8.84. The standard InChI is InChI=1S/C13H10N4O/c18-13(3-1-11-9-14-5-7-16-11)4-2-12-10-15-6-8-17-12/h1-10H/b3-1+,4-2+. The van der Waals surface area contributed by atoms with Gasteiger partial charge in [-0.3, -0.25) is 24.7 Å². The van der Waals surface area contributed by atoms with Crippen LogP contribution in [0.2, 0.25) is 0 Å². The first-order valence-corrected chi connectivity index (χ1v) is 5.27. The molecule has 0 unspecified atom stereocenters. The van der Waals surface area contributed by atoms with Crippen LogP contribution in [0.15, 0.2) is 49.3 Å². The van der Waals surface area contributed by atoms with Crippen LogP contribution in [0.5, 0.6) is 0 Å². The molecule has 0 atom stereocenters. The molecule has 0 spiro atoms. The van der Waals surface area contributed by atoms with E-state index in [4.69, 9.17) is 0 Å². The largest absolute Gasteiger partial charge is 0.290 e. The number of aromatic nitrogens is 4. The fourth-order valence-corrected chi connectivity index (χ4v) is 1.18. The summed E-state index contributed by atoms with van der Waals surface area (Å²) in [7, 11) is 0. The van der Waals surface area contributed by atoms with Crippen molar-refractivity contribution in [2.24, 2.45) is 0 Å². The van der Waals surface area contributed by atoms with Gasteiger partial charge < -0.3 is 0 Å². The molecule has 18 heavy (non-hydrogen) atoms. The molecule has 0 fully saturated rings. The van der Waals surface area contributed by atoms with E-state index in [9.17, 15) is 4.79 Å². The van der Waals surface area contributed by atoms with Gasteiger partial charge in [0.15, 0.2) is 5.78 Å². The van der Waals surface area contributed by atoms with Crippen LogP contribution in [-0.2, 0) is 4.79 Å². The summed E-state index contributed by atoms with van der Waals surface area (Å²) in [5.74, 6) is -0.147. The average Bonchev–Trinajstić information content (AvgIpc) is 2.45. The Morgan fingerprint density at radius 2 is 1.33 bits per heavy atom. The number of rotatable bonds is 4. The maximum atomic E-state index is 11.5. The maximum absolute atomic E-state index is 11.5. The van der Waals surface area contributed by atoms with Gasteiger partial charge in [-0.1, -0.05) is 0 Å². The zero-order valence-corrected chi connectivity index (χ0v) is 9.47. The quantitative estimate of drug-likeness (QED) is 0.756. The molecule has 2 heterocycles. The highest BCUT2D eigenvalue weighted by atomic mass is 16.1. The third kappa shape index (κ3) is 3.71. The molecule has 0 bridgehead atoms. The summed E-state index contributed by atoms with van der Waals surface area (Å²) in [4.78, 5) is 27.4. The third-order valence-corrected chi connectivity index (χ3v) is 2.00. The maximum Gasteiger partial charge on any atom is 0.178 e. The van der Waals surface area contributed by atoms with Gasteiger partial charge in [-0.05, 0) is 24.3 Å². The zero-order chi connectivity index (χ0) is 12.6. The summed E-state index contributed by atoms with van der Waals surface area (Å²) in [6, 6.07) is 0. The Bertz CT molecular complexity index is 513. The van der Waals surface area contributed by atoms with Crippen LogP contribution in [0.1, 0.15) is 11.4 Å². The van der Waals surface area contributed by atoms with Crippen LogP contribution >= 0.6 is 0 Å². The Labute approximate surface area is 104 Å². The van der Waals surface area contributed by atoms with E-state index in [0.29, 0.717) is 11.4 Å². The Kier molecular flexibility index (Phi) is 4.02. The molecule has 0 aliphatic carbocycles. The zero-order valence-electron chi connectivity index (χ0n) is 9.47. The molecule has 2 rings (SSSR count). The predicted molar refractivity (Wildman–Crippen MR) is 67.1 cm³/mol. The Hall–Kier alpha value is -2.69. The van der Waals surface area contributed by atoms with Crippen LogP contribution in [0.3, 0.4) is 0 Å². The fourth-order valence-electron chi connectivity index (χ4n) is 1.18. The highest BCUT2D eigenvalue weighted by Gasteiger charge is 1.92. The minimum Gasteiger partial charge on any atom is -0.290 e. The molecular weight excluding hydrogens is 228 g/mol. The van der Waals surface area contributed by atoms with E-state index < -0.39 is 0 Å². The second kappa shape index (κ2) is 6.15. The minimum absolute atomic E-state index is 0.147. The lowest BCUT2D eigenvalue weighted by Gasteiger charge is -1.89. The number of ketones is 1. The molecule has 0 N–H and O–H groups in total. The Balaban J connectivity index is 1.97. The van der Waals surface area contributed by atoms with Gasteiger partial charge in [0.05, 0.1) is 23.8 Å². The van der Waals surface area contributed by atoms with Crippen molar-refractivity contribution in [3.63, 3.8) is 0 Å². The lowest BCUT2D eigenvalue weighted by Crippen LogP contribution is -1.87. The molecule has 2 aromatic rings. The molecule has 0 aliphatic rings. The smallest absolute Gasteiger partial charge is 0.178 e. The van der Waals surface area contributed by atoms with E-state index in [1.54, 1.807) is 49.3 Å². The van der Waals surface area contributed by atoms with Crippen molar-refractivity contribution in [2.75, 3.05) is 0 Å². The van der Waals surface area contributed by atoms with Gasteiger partial charge in [-0.2, -0.15) is 0 Å². The first kappa shape index (κ1) is 11.8. The molecule has 5 heteroatoms. The van der Waals surface area contributed by atoms with Crippen molar-refractivity contribution in [1.82, 2.24) is 19.9 Å². The molecule has 0 aliphatic heterocycles. The van der Waals surface area contributed by atoms with Gasteiger partial charge in [0, 0.05) is 24.8 Å². The minimum atomic E-state index is -0.147. The van der Waals surface area contributed by atoms with Crippen molar-refractivity contribution in [3.05, 3.63) is 60.7 Å². The molecule has 2 aromatic heterocycles. The summed E-state index contributed by atoms with van der Waals surface area (Å²) >= 11 is 0. The van der Waals surface area contributed by atoms with Crippen molar-refractivity contribution >= 4 is 17.9 Å². The summed E-state index contributed by atoms with van der Waals surface area (Å²) < 4.78 is 0. The van der Waals surface area contributed by atoms with Crippen molar-refractivity contribution < 1.29 is 4.79 Å². The van der Waals surface area contributed by atoms with E-state index >= 15 is 0 Å². The van der Waals surface area contributed by atoms with Crippen LogP contribution < -0.4 is 0 Å². The Morgan fingerprint density at radius 3 is 1.72 bits per heavy atom. The number of hydrogen-bond donors (Lipinski definition) is 0. The third-order valence-electron chi connectivity index (χ3n) is 2.00. The van der Waals surface area contributed by atoms with Crippen LogP contribution in [0, 0.1) is 0 Å². The summed E-state index contributed by atoms with van der Waals surface area (Å²) in [5.41, 5.74) is 1.28. The van der Waals surface area contributed by atoms with Gasteiger partial charge in [0.1, 0.15) is 0 Å². The number of allylic oxidation sites excluding steroid dienone is 2. The van der Waals surface area contributed by atoms with Crippen LogP contribution in [0.25, 0.3) is 12.2 Å². The van der Waals surface area contributed by atoms with Gasteiger partial charge in [0.2, 0.25) is 0 Å². The average molecular weight is 238 g/mol. The molecule has 88 valence electrons. The van der Waals surface area contributed by atoms with E-state index in [2.05, 4.69) is 19.9 Å². The topological polar surface area (TPSA) is 68.6 Å². The van der Waals surface area contributed by atoms with Crippen LogP contribution in [-0.4, -0.2) is 25.7 Å².